The van der Waals surface area contributed by atoms with Gasteiger partial charge in [0, 0.05) is 9.35 Å². The van der Waals surface area contributed by atoms with Crippen molar-refractivity contribution in [2.75, 3.05) is 12.4 Å². The van der Waals surface area contributed by atoms with E-state index in [0.717, 1.165) is 29.3 Å². The highest BCUT2D eigenvalue weighted by molar-refractivity contribution is 9.10. The van der Waals surface area contributed by atoms with Crippen molar-refractivity contribution in [3.05, 3.63) is 44.2 Å². The summed E-state index contributed by atoms with van der Waals surface area (Å²) in [5.74, 6) is 0.660. The molecule has 0 fully saturated rings. The van der Waals surface area contributed by atoms with E-state index >= 15 is 0 Å². The second kappa shape index (κ2) is 9.04. The molecule has 2 aromatic rings. The molecule has 0 spiro atoms. The molecular weight excluding hydrogens is 482 g/mol. The fourth-order valence-corrected chi connectivity index (χ4v) is 5.60. The number of anilines is 1. The Kier molecular flexibility index (Phi) is 6.85. The first kappa shape index (κ1) is 22.7. The van der Waals surface area contributed by atoms with Crippen LogP contribution in [0.5, 0.6) is 5.75 Å². The summed E-state index contributed by atoms with van der Waals surface area (Å²) in [6.07, 6.45) is 2.94. The van der Waals surface area contributed by atoms with Gasteiger partial charge in [0.2, 0.25) is 0 Å². The number of nitrogens with zero attached hydrogens (tertiary/aromatic N) is 1. The van der Waals surface area contributed by atoms with Gasteiger partial charge >= 0.3 is 0 Å². The summed E-state index contributed by atoms with van der Waals surface area (Å²) in [5.41, 5.74) is 2.36. The van der Waals surface area contributed by atoms with Gasteiger partial charge in [0.1, 0.15) is 16.8 Å². The van der Waals surface area contributed by atoms with Gasteiger partial charge in [0.15, 0.2) is 5.11 Å². The van der Waals surface area contributed by atoms with Gasteiger partial charge in [0.05, 0.1) is 18.2 Å². The van der Waals surface area contributed by atoms with E-state index in [1.54, 1.807) is 29.5 Å². The molecule has 0 saturated heterocycles. The van der Waals surface area contributed by atoms with Crippen molar-refractivity contribution >= 4 is 55.5 Å². The molecule has 1 unspecified atom stereocenters. The topological polar surface area (TPSA) is 74.2 Å². The highest BCUT2D eigenvalue weighted by Crippen LogP contribution is 2.44. The summed E-state index contributed by atoms with van der Waals surface area (Å²) >= 11 is 10.3. The molecule has 1 aliphatic rings. The molecule has 30 heavy (non-hydrogen) atoms. The number of benzene rings is 1. The van der Waals surface area contributed by atoms with Crippen molar-refractivity contribution in [3.63, 3.8) is 0 Å². The number of amides is 1. The Hall–Kier alpha value is -1.95. The number of methoxy groups -OCH3 is 1. The fourth-order valence-electron chi connectivity index (χ4n) is 3.69. The number of halogens is 1. The molecule has 158 valence electrons. The van der Waals surface area contributed by atoms with Gasteiger partial charge in [-0.05, 0) is 66.6 Å². The number of thiophene rings is 1. The zero-order valence-electron chi connectivity index (χ0n) is 17.4. The molecule has 2 N–H and O–H groups in total. The molecule has 1 aromatic heterocycles. The molecule has 1 atom stereocenters. The molecule has 0 bridgehead atoms. The second-order valence-corrected chi connectivity index (χ2v) is 10.8. The molecule has 1 aromatic carbocycles. The first-order chi connectivity index (χ1) is 14.1. The maximum absolute atomic E-state index is 12.7. The largest absolute Gasteiger partial charge is 0.496 e. The molecule has 0 saturated carbocycles. The Morgan fingerprint density at radius 2 is 2.13 bits per heavy atom. The van der Waals surface area contributed by atoms with E-state index in [9.17, 15) is 10.1 Å². The normalized spacial score (nSPS) is 15.7. The maximum Gasteiger partial charge on any atom is 0.261 e. The number of rotatable bonds is 3. The number of hydrogen-bond acceptors (Lipinski definition) is 5. The van der Waals surface area contributed by atoms with E-state index in [0.29, 0.717) is 27.8 Å². The van der Waals surface area contributed by atoms with E-state index in [1.807, 2.05) is 0 Å². The molecule has 3 rings (SSSR count). The lowest BCUT2D eigenvalue weighted by molar-refractivity contribution is 0.0974. The number of nitriles is 1. The van der Waals surface area contributed by atoms with E-state index in [1.165, 1.54) is 12.0 Å². The van der Waals surface area contributed by atoms with Gasteiger partial charge in [-0.1, -0.05) is 36.7 Å². The number of carbonyl (C=O) groups excluding carboxylic acids is 1. The van der Waals surface area contributed by atoms with Gasteiger partial charge in [-0.25, -0.2) is 0 Å². The van der Waals surface area contributed by atoms with E-state index < -0.39 is 0 Å². The molecule has 1 amide bonds. The van der Waals surface area contributed by atoms with Crippen molar-refractivity contribution in [2.24, 2.45) is 11.3 Å². The van der Waals surface area contributed by atoms with E-state index in [-0.39, 0.29) is 16.4 Å². The van der Waals surface area contributed by atoms with Crippen LogP contribution in [0.25, 0.3) is 0 Å². The van der Waals surface area contributed by atoms with Gasteiger partial charge in [-0.15, -0.1) is 11.3 Å². The smallest absolute Gasteiger partial charge is 0.261 e. The summed E-state index contributed by atoms with van der Waals surface area (Å²) in [5, 5.41) is 16.3. The van der Waals surface area contributed by atoms with Crippen LogP contribution < -0.4 is 15.4 Å². The molecule has 0 aliphatic heterocycles. The second-order valence-electron chi connectivity index (χ2n) is 8.38. The lowest BCUT2D eigenvalue weighted by Gasteiger charge is -2.33. The summed E-state index contributed by atoms with van der Waals surface area (Å²) < 4.78 is 6.03. The van der Waals surface area contributed by atoms with E-state index in [4.69, 9.17) is 17.0 Å². The van der Waals surface area contributed by atoms with Crippen LogP contribution in [0.3, 0.4) is 0 Å². The maximum atomic E-state index is 12.7. The Morgan fingerprint density at radius 1 is 1.40 bits per heavy atom. The van der Waals surface area contributed by atoms with Crippen LogP contribution in [0.2, 0.25) is 0 Å². The Bertz CT molecular complexity index is 1030. The van der Waals surface area contributed by atoms with Crippen LogP contribution >= 0.6 is 39.5 Å². The summed E-state index contributed by atoms with van der Waals surface area (Å²) in [6, 6.07) is 7.51. The third-order valence-corrected chi connectivity index (χ3v) is 7.33. The number of ether oxygens (including phenoxy) is 1. The van der Waals surface area contributed by atoms with Crippen LogP contribution in [0.15, 0.2) is 22.7 Å². The van der Waals surface area contributed by atoms with E-state index in [2.05, 4.69) is 53.4 Å². The van der Waals surface area contributed by atoms with Crippen molar-refractivity contribution in [1.82, 2.24) is 5.32 Å². The monoisotopic (exact) mass is 505 g/mol. The zero-order chi connectivity index (χ0) is 22.1. The van der Waals surface area contributed by atoms with Crippen LogP contribution in [-0.4, -0.2) is 18.1 Å². The average molecular weight is 506 g/mol. The number of nitrogens with one attached hydrogen (secondary N) is 2. The number of fused-ring (bicyclic) bond motifs is 1. The lowest BCUT2D eigenvalue weighted by Crippen LogP contribution is -2.34. The summed E-state index contributed by atoms with van der Waals surface area (Å²) in [7, 11) is 1.51. The minimum absolute atomic E-state index is 0.157. The van der Waals surface area contributed by atoms with Crippen LogP contribution in [0.4, 0.5) is 5.00 Å². The minimum Gasteiger partial charge on any atom is -0.496 e. The van der Waals surface area contributed by atoms with Crippen LogP contribution in [0, 0.1) is 22.7 Å². The SMILES string of the molecule is COc1ccc(Br)cc1C(=O)NC(=S)Nc1sc2c(c1C#N)CCC(C(C)(C)C)C2. The molecule has 1 aliphatic carbocycles. The summed E-state index contributed by atoms with van der Waals surface area (Å²) in [6.45, 7) is 6.80. The van der Waals surface area contributed by atoms with Crippen molar-refractivity contribution in [3.8, 4) is 11.8 Å². The molecule has 5 nitrogen and oxygen atoms in total. The van der Waals surface area contributed by atoms with Crippen molar-refractivity contribution in [1.29, 1.82) is 5.26 Å². The van der Waals surface area contributed by atoms with Gasteiger partial charge in [-0.3, -0.25) is 10.1 Å². The average Bonchev–Trinajstić information content (AvgIpc) is 3.02. The van der Waals surface area contributed by atoms with Gasteiger partial charge in [0.25, 0.3) is 5.91 Å². The Morgan fingerprint density at radius 3 is 2.77 bits per heavy atom. The lowest BCUT2D eigenvalue weighted by atomic mass is 9.72. The fraction of sp³-hybridized carbons (Fsp3) is 0.409. The molecule has 0 radical (unpaired) electrons. The molecule has 1 heterocycles. The van der Waals surface area contributed by atoms with Crippen LogP contribution in [-0.2, 0) is 12.8 Å². The standard InChI is InChI=1S/C22H24BrN3O2S2/c1-22(2,3)12-5-7-14-16(11-24)20(30-18(14)9-12)26-21(29)25-19(27)15-10-13(23)6-8-17(15)28-4/h6,8,10,12H,5,7,9H2,1-4H3,(H2,25,26,27,29). The van der Waals surface area contributed by atoms with Gasteiger partial charge < -0.3 is 10.1 Å². The predicted molar refractivity (Wildman–Crippen MR) is 128 cm³/mol. The van der Waals surface area contributed by atoms with Crippen LogP contribution in [0.1, 0.15) is 53.6 Å². The Balaban J connectivity index is 1.77. The first-order valence-corrected chi connectivity index (χ1v) is 11.7. The van der Waals surface area contributed by atoms with Gasteiger partial charge in [-0.2, -0.15) is 5.26 Å². The first-order valence-electron chi connectivity index (χ1n) is 9.64. The highest BCUT2D eigenvalue weighted by atomic mass is 79.9. The number of carbonyl (C=O) groups is 1. The third kappa shape index (κ3) is 4.85. The molecular formula is C22H24BrN3O2S2. The minimum atomic E-state index is -0.377. The highest BCUT2D eigenvalue weighted by Gasteiger charge is 2.32. The molecule has 8 heteroatoms. The summed E-state index contributed by atoms with van der Waals surface area (Å²) in [4.78, 5) is 13.9. The number of thiocarbonyl (C=S) groups is 1. The predicted octanol–water partition coefficient (Wildman–Crippen LogP) is 5.67. The number of hydrogen-bond donors (Lipinski definition) is 2. The Labute approximate surface area is 194 Å². The third-order valence-electron chi connectivity index (χ3n) is 5.46. The van der Waals surface area contributed by atoms with Crippen molar-refractivity contribution in [2.45, 2.75) is 40.0 Å². The zero-order valence-corrected chi connectivity index (χ0v) is 20.6. The quantitative estimate of drug-likeness (QED) is 0.525. The van der Waals surface area contributed by atoms with Crippen molar-refractivity contribution < 1.29 is 9.53 Å².